The van der Waals surface area contributed by atoms with Gasteiger partial charge in [-0.15, -0.1) is 0 Å². The highest BCUT2D eigenvalue weighted by Crippen LogP contribution is 2.33. The van der Waals surface area contributed by atoms with E-state index >= 15 is 0 Å². The molecule has 3 N–H and O–H groups in total. The van der Waals surface area contributed by atoms with Crippen LogP contribution in [-0.4, -0.2) is 16.3 Å². The lowest BCUT2D eigenvalue weighted by molar-refractivity contribution is 0.394. The molecule has 88 valence electrons. The summed E-state index contributed by atoms with van der Waals surface area (Å²) >= 11 is 0. The molecule has 0 spiro atoms. The zero-order chi connectivity index (χ0) is 11.5. The monoisotopic (exact) mass is 221 g/mol. The highest BCUT2D eigenvalue weighted by Gasteiger charge is 2.23. The lowest BCUT2D eigenvalue weighted by Crippen LogP contribution is -2.25. The first kappa shape index (κ1) is 11.3. The number of para-hydroxylation sites is 1. The summed E-state index contributed by atoms with van der Waals surface area (Å²) in [6, 6.07) is 5.53. The Balaban J connectivity index is 1.85. The Bertz CT molecular complexity index is 361. The first-order chi connectivity index (χ1) is 7.66. The number of hydrogen-bond acceptors (Lipinski definition) is 3. The van der Waals surface area contributed by atoms with Crippen LogP contribution >= 0.6 is 0 Å². The van der Waals surface area contributed by atoms with Gasteiger partial charge in [-0.1, -0.05) is 25.0 Å². The van der Waals surface area contributed by atoms with Gasteiger partial charge in [-0.25, -0.2) is 0 Å². The van der Waals surface area contributed by atoms with Crippen molar-refractivity contribution in [1.29, 1.82) is 0 Å². The number of hydrogen-bond donors (Lipinski definition) is 3. The molecule has 1 atom stereocenters. The van der Waals surface area contributed by atoms with Crippen LogP contribution in [0, 0.1) is 5.92 Å². The van der Waals surface area contributed by atoms with Crippen LogP contribution in [0.1, 0.15) is 31.7 Å². The van der Waals surface area contributed by atoms with Crippen molar-refractivity contribution < 1.29 is 10.2 Å². The van der Waals surface area contributed by atoms with Gasteiger partial charge in [0.2, 0.25) is 0 Å². The predicted octanol–water partition coefficient (Wildman–Crippen LogP) is 2.38. The van der Waals surface area contributed by atoms with Crippen LogP contribution in [0.4, 0.5) is 0 Å². The predicted molar refractivity (Wildman–Crippen MR) is 63.4 cm³/mol. The maximum absolute atomic E-state index is 9.61. The van der Waals surface area contributed by atoms with E-state index < -0.39 is 0 Å². The van der Waals surface area contributed by atoms with Crippen LogP contribution in [0.15, 0.2) is 18.2 Å². The Hall–Kier alpha value is -1.22. The SMILES string of the molecule is CC(CC1CC1)NCc1cccc(O)c1O. The second-order valence-electron chi connectivity index (χ2n) is 4.75. The van der Waals surface area contributed by atoms with Crippen LogP contribution in [0.3, 0.4) is 0 Å². The maximum Gasteiger partial charge on any atom is 0.161 e. The number of rotatable bonds is 5. The van der Waals surface area contributed by atoms with Crippen LogP contribution in [0.2, 0.25) is 0 Å². The first-order valence-electron chi connectivity index (χ1n) is 5.90. The Kier molecular flexibility index (Phi) is 3.34. The quantitative estimate of drug-likeness (QED) is 0.669. The molecule has 16 heavy (non-hydrogen) atoms. The Morgan fingerprint density at radius 3 is 2.81 bits per heavy atom. The molecule has 0 bridgehead atoms. The van der Waals surface area contributed by atoms with E-state index in [9.17, 15) is 10.2 Å². The zero-order valence-electron chi connectivity index (χ0n) is 9.61. The van der Waals surface area contributed by atoms with E-state index in [1.807, 2.05) is 6.07 Å². The van der Waals surface area contributed by atoms with Crippen molar-refractivity contribution in [2.24, 2.45) is 5.92 Å². The van der Waals surface area contributed by atoms with E-state index in [1.165, 1.54) is 25.3 Å². The Morgan fingerprint density at radius 1 is 1.38 bits per heavy atom. The molecule has 2 rings (SSSR count). The van der Waals surface area contributed by atoms with Crippen molar-refractivity contribution in [2.75, 3.05) is 0 Å². The van der Waals surface area contributed by atoms with Gasteiger partial charge in [0, 0.05) is 18.2 Å². The van der Waals surface area contributed by atoms with E-state index in [-0.39, 0.29) is 11.5 Å². The summed E-state index contributed by atoms with van der Waals surface area (Å²) in [5.74, 6) is 0.850. The van der Waals surface area contributed by atoms with Gasteiger partial charge < -0.3 is 15.5 Å². The summed E-state index contributed by atoms with van der Waals surface area (Å²) in [6.07, 6.45) is 3.94. The van der Waals surface area contributed by atoms with Crippen LogP contribution in [0.5, 0.6) is 11.5 Å². The van der Waals surface area contributed by atoms with Gasteiger partial charge in [-0.05, 0) is 25.3 Å². The van der Waals surface area contributed by atoms with Gasteiger partial charge in [-0.3, -0.25) is 0 Å². The summed E-state index contributed by atoms with van der Waals surface area (Å²) in [5, 5.41) is 22.3. The lowest BCUT2D eigenvalue weighted by Gasteiger charge is -2.14. The highest BCUT2D eigenvalue weighted by atomic mass is 16.3. The van der Waals surface area contributed by atoms with E-state index in [2.05, 4.69) is 12.2 Å². The fourth-order valence-corrected chi connectivity index (χ4v) is 1.94. The molecule has 0 radical (unpaired) electrons. The number of nitrogens with one attached hydrogen (secondary N) is 1. The molecule has 1 unspecified atom stereocenters. The van der Waals surface area contributed by atoms with Gasteiger partial charge in [0.25, 0.3) is 0 Å². The van der Waals surface area contributed by atoms with Gasteiger partial charge in [0.05, 0.1) is 0 Å². The lowest BCUT2D eigenvalue weighted by atomic mass is 10.1. The van der Waals surface area contributed by atoms with Gasteiger partial charge >= 0.3 is 0 Å². The van der Waals surface area contributed by atoms with Crippen molar-refractivity contribution >= 4 is 0 Å². The normalized spacial score (nSPS) is 17.3. The summed E-state index contributed by atoms with van der Waals surface area (Å²) in [6.45, 7) is 2.77. The maximum atomic E-state index is 9.61. The molecule has 0 aromatic heterocycles. The van der Waals surface area contributed by atoms with E-state index in [1.54, 1.807) is 6.07 Å². The third kappa shape index (κ3) is 2.89. The minimum absolute atomic E-state index is 0.00591. The molecule has 0 amide bonds. The second-order valence-corrected chi connectivity index (χ2v) is 4.75. The average molecular weight is 221 g/mol. The standard InChI is InChI=1S/C13H19NO2/c1-9(7-10-5-6-10)14-8-11-3-2-4-12(15)13(11)16/h2-4,9-10,14-16H,5-8H2,1H3. The summed E-state index contributed by atoms with van der Waals surface area (Å²) in [5.41, 5.74) is 0.752. The summed E-state index contributed by atoms with van der Waals surface area (Å²) in [7, 11) is 0. The smallest absolute Gasteiger partial charge is 0.161 e. The number of phenolic OH excluding ortho intramolecular Hbond substituents is 2. The first-order valence-corrected chi connectivity index (χ1v) is 5.90. The molecule has 1 aromatic carbocycles. The summed E-state index contributed by atoms with van der Waals surface area (Å²) < 4.78 is 0. The topological polar surface area (TPSA) is 52.5 Å². The van der Waals surface area contributed by atoms with Crippen LogP contribution < -0.4 is 5.32 Å². The van der Waals surface area contributed by atoms with Gasteiger partial charge in [-0.2, -0.15) is 0 Å². The minimum atomic E-state index is -0.0471. The minimum Gasteiger partial charge on any atom is -0.504 e. The molecule has 3 heteroatoms. The van der Waals surface area contributed by atoms with Crippen molar-refractivity contribution in [3.8, 4) is 11.5 Å². The molecule has 0 saturated heterocycles. The fourth-order valence-electron chi connectivity index (χ4n) is 1.94. The van der Waals surface area contributed by atoms with E-state index in [0.717, 1.165) is 11.5 Å². The third-order valence-corrected chi connectivity index (χ3v) is 3.12. The molecule has 1 aromatic rings. The van der Waals surface area contributed by atoms with Crippen LogP contribution in [-0.2, 0) is 6.54 Å². The number of benzene rings is 1. The molecule has 1 saturated carbocycles. The van der Waals surface area contributed by atoms with E-state index in [0.29, 0.717) is 12.6 Å². The molecule has 1 aliphatic rings. The molecule has 1 fully saturated rings. The summed E-state index contributed by atoms with van der Waals surface area (Å²) in [4.78, 5) is 0. The third-order valence-electron chi connectivity index (χ3n) is 3.12. The van der Waals surface area contributed by atoms with Gasteiger partial charge in [0.1, 0.15) is 0 Å². The average Bonchev–Trinajstić information content (AvgIpc) is 3.04. The fraction of sp³-hybridized carbons (Fsp3) is 0.538. The van der Waals surface area contributed by atoms with Crippen LogP contribution in [0.25, 0.3) is 0 Å². The van der Waals surface area contributed by atoms with Crippen molar-refractivity contribution in [1.82, 2.24) is 5.32 Å². The van der Waals surface area contributed by atoms with Crippen molar-refractivity contribution in [2.45, 2.75) is 38.8 Å². The molecular formula is C13H19NO2. The van der Waals surface area contributed by atoms with E-state index in [4.69, 9.17) is 0 Å². The largest absolute Gasteiger partial charge is 0.504 e. The van der Waals surface area contributed by atoms with Crippen molar-refractivity contribution in [3.05, 3.63) is 23.8 Å². The Labute approximate surface area is 96.1 Å². The molecular weight excluding hydrogens is 202 g/mol. The molecule has 0 aliphatic heterocycles. The van der Waals surface area contributed by atoms with Gasteiger partial charge in [0.15, 0.2) is 11.5 Å². The number of aromatic hydroxyl groups is 2. The second kappa shape index (κ2) is 4.74. The molecule has 3 nitrogen and oxygen atoms in total. The molecule has 1 aliphatic carbocycles. The Morgan fingerprint density at radius 2 is 2.12 bits per heavy atom. The highest BCUT2D eigenvalue weighted by molar-refractivity contribution is 5.44. The van der Waals surface area contributed by atoms with Crippen molar-refractivity contribution in [3.63, 3.8) is 0 Å². The number of phenols is 2. The molecule has 0 heterocycles. The zero-order valence-corrected chi connectivity index (χ0v) is 9.61.